The second-order valence-electron chi connectivity index (χ2n) is 6.34. The van der Waals surface area contributed by atoms with E-state index in [1.54, 1.807) is 0 Å². The van der Waals surface area contributed by atoms with Crippen LogP contribution in [0, 0.1) is 5.92 Å². The van der Waals surface area contributed by atoms with Gasteiger partial charge >= 0.3 is 0 Å². The molecule has 0 radical (unpaired) electrons. The largest absolute Gasteiger partial charge is 0.496 e. The third-order valence-electron chi connectivity index (χ3n) is 4.90. The van der Waals surface area contributed by atoms with Gasteiger partial charge in [-0.3, -0.25) is 4.79 Å². The molecule has 0 spiro atoms. The lowest BCUT2D eigenvalue weighted by Gasteiger charge is -2.42. The molecule has 1 amide bonds. The molecule has 24 heavy (non-hydrogen) atoms. The smallest absolute Gasteiger partial charge is 0.252 e. The van der Waals surface area contributed by atoms with Crippen molar-refractivity contribution in [2.75, 3.05) is 13.7 Å². The Hall–Kier alpha value is -1.64. The van der Waals surface area contributed by atoms with Gasteiger partial charge in [0.15, 0.2) is 0 Å². The zero-order valence-corrected chi connectivity index (χ0v) is 14.9. The minimum absolute atomic E-state index is 0.0253. The molecule has 1 aromatic rings. The minimum atomic E-state index is -3.84. The Morgan fingerprint density at radius 3 is 2.67 bits per heavy atom. The number of methoxy groups -OCH3 is 1. The summed E-state index contributed by atoms with van der Waals surface area (Å²) in [4.78, 5) is 11.5. The van der Waals surface area contributed by atoms with E-state index in [1.807, 2.05) is 6.92 Å². The van der Waals surface area contributed by atoms with Gasteiger partial charge in [-0.25, -0.2) is 13.1 Å². The quantitative estimate of drug-likeness (QED) is 0.701. The topological polar surface area (TPSA) is 125 Å². The van der Waals surface area contributed by atoms with Crippen LogP contribution in [0.25, 0.3) is 0 Å². The fraction of sp³-hybridized carbons (Fsp3) is 0.562. The van der Waals surface area contributed by atoms with E-state index in [1.165, 1.54) is 25.3 Å². The van der Waals surface area contributed by atoms with Crippen molar-refractivity contribution >= 4 is 15.9 Å². The van der Waals surface area contributed by atoms with Crippen molar-refractivity contribution in [2.24, 2.45) is 17.4 Å². The second-order valence-corrected chi connectivity index (χ2v) is 8.02. The second kappa shape index (κ2) is 7.08. The number of benzene rings is 1. The van der Waals surface area contributed by atoms with E-state index >= 15 is 0 Å². The summed E-state index contributed by atoms with van der Waals surface area (Å²) in [6, 6.07) is 4.06. The van der Waals surface area contributed by atoms with Crippen LogP contribution in [0.4, 0.5) is 0 Å². The zero-order chi connectivity index (χ0) is 18.0. The number of amides is 1. The average Bonchev–Trinajstić information content (AvgIpc) is 2.56. The molecule has 2 unspecified atom stereocenters. The summed E-state index contributed by atoms with van der Waals surface area (Å²) in [6.07, 6.45) is 3.62. The van der Waals surface area contributed by atoms with Gasteiger partial charge in [0.05, 0.1) is 17.6 Å². The first kappa shape index (κ1) is 18.7. The SMILES string of the molecule is COc1ccc(S(=O)(=O)NC2(CN)CCCCC2C)cc1C(N)=O. The summed E-state index contributed by atoms with van der Waals surface area (Å²) in [5.41, 5.74) is 10.6. The van der Waals surface area contributed by atoms with Crippen molar-refractivity contribution in [1.82, 2.24) is 4.72 Å². The van der Waals surface area contributed by atoms with Crippen LogP contribution in [-0.2, 0) is 10.0 Å². The molecule has 7 nitrogen and oxygen atoms in total. The maximum absolute atomic E-state index is 12.8. The molecule has 0 aromatic heterocycles. The van der Waals surface area contributed by atoms with Gasteiger partial charge in [0.25, 0.3) is 5.91 Å². The molecular formula is C16H25N3O4S. The molecular weight excluding hydrogens is 330 g/mol. The molecule has 2 atom stereocenters. The Balaban J connectivity index is 2.40. The van der Waals surface area contributed by atoms with Crippen LogP contribution in [0.3, 0.4) is 0 Å². The molecule has 1 saturated carbocycles. The van der Waals surface area contributed by atoms with Crippen molar-refractivity contribution in [3.8, 4) is 5.75 Å². The number of carbonyl (C=O) groups excluding carboxylic acids is 1. The van der Waals surface area contributed by atoms with Gasteiger partial charge in [-0.15, -0.1) is 0 Å². The Bertz CT molecular complexity index is 720. The van der Waals surface area contributed by atoms with Crippen LogP contribution in [0.2, 0.25) is 0 Å². The summed E-state index contributed by atoms with van der Waals surface area (Å²) in [5.74, 6) is -0.371. The number of rotatable bonds is 6. The summed E-state index contributed by atoms with van der Waals surface area (Å²) < 4.78 is 33.5. The summed E-state index contributed by atoms with van der Waals surface area (Å²) in [5, 5.41) is 0. The number of hydrogen-bond acceptors (Lipinski definition) is 5. The van der Waals surface area contributed by atoms with Crippen LogP contribution >= 0.6 is 0 Å². The highest BCUT2D eigenvalue weighted by Gasteiger charge is 2.40. The van der Waals surface area contributed by atoms with E-state index in [-0.39, 0.29) is 28.7 Å². The molecule has 0 saturated heterocycles. The Morgan fingerprint density at radius 2 is 2.12 bits per heavy atom. The number of ether oxygens (including phenoxy) is 1. The lowest BCUT2D eigenvalue weighted by atomic mass is 9.74. The van der Waals surface area contributed by atoms with Gasteiger partial charge in [0.2, 0.25) is 10.0 Å². The highest BCUT2D eigenvalue weighted by molar-refractivity contribution is 7.89. The van der Waals surface area contributed by atoms with Gasteiger partial charge in [-0.1, -0.05) is 19.8 Å². The fourth-order valence-corrected chi connectivity index (χ4v) is 4.84. The van der Waals surface area contributed by atoms with Crippen LogP contribution in [0.15, 0.2) is 23.1 Å². The highest BCUT2D eigenvalue weighted by atomic mass is 32.2. The molecule has 1 aromatic carbocycles. The standard InChI is InChI=1S/C16H25N3O4S/c1-11-5-3-4-8-16(11,10-17)19-24(21,22)12-6-7-14(23-2)13(9-12)15(18)20/h6-7,9,11,19H,3-5,8,10,17H2,1-2H3,(H2,18,20). The molecule has 1 fully saturated rings. The molecule has 8 heteroatoms. The lowest BCUT2D eigenvalue weighted by Crippen LogP contribution is -2.58. The summed E-state index contributed by atoms with van der Waals surface area (Å²) in [6.45, 7) is 2.24. The molecule has 1 aliphatic carbocycles. The van der Waals surface area contributed by atoms with Gasteiger partial charge in [0, 0.05) is 12.1 Å². The Morgan fingerprint density at radius 1 is 1.42 bits per heavy atom. The number of nitrogens with two attached hydrogens (primary N) is 2. The van der Waals surface area contributed by atoms with Crippen molar-refractivity contribution in [2.45, 2.75) is 43.0 Å². The molecule has 134 valence electrons. The van der Waals surface area contributed by atoms with E-state index in [0.717, 1.165) is 19.3 Å². The van der Waals surface area contributed by atoms with E-state index in [9.17, 15) is 13.2 Å². The van der Waals surface area contributed by atoms with Gasteiger partial charge < -0.3 is 16.2 Å². The van der Waals surface area contributed by atoms with Gasteiger partial charge in [-0.2, -0.15) is 0 Å². The van der Waals surface area contributed by atoms with Gasteiger partial charge in [0.1, 0.15) is 5.75 Å². The molecule has 0 heterocycles. The van der Waals surface area contributed by atoms with Gasteiger partial charge in [-0.05, 0) is 37.0 Å². The third-order valence-corrected chi connectivity index (χ3v) is 6.45. The van der Waals surface area contributed by atoms with Crippen molar-refractivity contribution in [3.63, 3.8) is 0 Å². The van der Waals surface area contributed by atoms with E-state index in [0.29, 0.717) is 6.42 Å². The Kier molecular flexibility index (Phi) is 5.52. The van der Waals surface area contributed by atoms with Crippen LogP contribution < -0.4 is 20.9 Å². The maximum Gasteiger partial charge on any atom is 0.252 e. The minimum Gasteiger partial charge on any atom is -0.496 e. The van der Waals surface area contributed by atoms with E-state index in [4.69, 9.17) is 16.2 Å². The number of primary amides is 1. The third kappa shape index (κ3) is 3.55. The Labute approximate surface area is 142 Å². The number of nitrogens with one attached hydrogen (secondary N) is 1. The molecule has 0 bridgehead atoms. The van der Waals surface area contributed by atoms with E-state index in [2.05, 4.69) is 4.72 Å². The number of carbonyl (C=O) groups is 1. The normalized spacial score (nSPS) is 24.5. The number of sulfonamides is 1. The van der Waals surface area contributed by atoms with E-state index < -0.39 is 21.5 Å². The van der Waals surface area contributed by atoms with Crippen LogP contribution in [0.5, 0.6) is 5.75 Å². The number of hydrogen-bond donors (Lipinski definition) is 3. The summed E-state index contributed by atoms with van der Waals surface area (Å²) in [7, 11) is -2.45. The van der Waals surface area contributed by atoms with Crippen molar-refractivity contribution in [3.05, 3.63) is 23.8 Å². The first-order valence-electron chi connectivity index (χ1n) is 7.97. The highest BCUT2D eigenvalue weighted by Crippen LogP contribution is 2.34. The lowest BCUT2D eigenvalue weighted by molar-refractivity contribution is 0.0997. The maximum atomic E-state index is 12.8. The van der Waals surface area contributed by atoms with Crippen molar-refractivity contribution in [1.29, 1.82) is 0 Å². The molecule has 0 aliphatic heterocycles. The zero-order valence-electron chi connectivity index (χ0n) is 14.0. The van der Waals surface area contributed by atoms with Crippen LogP contribution in [0.1, 0.15) is 43.0 Å². The van der Waals surface area contributed by atoms with Crippen molar-refractivity contribution < 1.29 is 17.9 Å². The van der Waals surface area contributed by atoms with Crippen LogP contribution in [-0.4, -0.2) is 33.5 Å². The predicted molar refractivity (Wildman–Crippen MR) is 91.3 cm³/mol. The molecule has 5 N–H and O–H groups in total. The molecule has 2 rings (SSSR count). The molecule has 1 aliphatic rings. The first-order valence-corrected chi connectivity index (χ1v) is 9.46. The predicted octanol–water partition coefficient (Wildman–Crippen LogP) is 0.980. The average molecular weight is 355 g/mol. The fourth-order valence-electron chi connectivity index (χ4n) is 3.28. The summed E-state index contributed by atoms with van der Waals surface area (Å²) >= 11 is 0. The monoisotopic (exact) mass is 355 g/mol. The first-order chi connectivity index (χ1) is 11.3.